The van der Waals surface area contributed by atoms with Crippen molar-refractivity contribution in [1.29, 1.82) is 0 Å². The van der Waals surface area contributed by atoms with E-state index in [2.05, 4.69) is 4.72 Å². The van der Waals surface area contributed by atoms with E-state index in [9.17, 15) is 17.2 Å². The molecule has 1 aromatic rings. The first-order valence-corrected chi connectivity index (χ1v) is 7.60. The second kappa shape index (κ2) is 5.52. The van der Waals surface area contributed by atoms with Gasteiger partial charge in [-0.25, -0.2) is 21.9 Å². The third-order valence-electron chi connectivity index (χ3n) is 3.28. The lowest BCUT2D eigenvalue weighted by molar-refractivity contribution is 0.373. The van der Waals surface area contributed by atoms with Gasteiger partial charge in [-0.3, -0.25) is 0 Å². The molecule has 2 rings (SSSR count). The lowest BCUT2D eigenvalue weighted by Crippen LogP contribution is -2.40. The molecule has 3 N–H and O–H groups in total. The number of hydrogen-bond acceptors (Lipinski definition) is 3. The van der Waals surface area contributed by atoms with Gasteiger partial charge in [-0.2, -0.15) is 0 Å². The molecular weight excluding hydrogens is 274 g/mol. The van der Waals surface area contributed by atoms with Crippen molar-refractivity contribution in [3.05, 3.63) is 29.8 Å². The van der Waals surface area contributed by atoms with Gasteiger partial charge in [0.25, 0.3) is 0 Å². The topological polar surface area (TPSA) is 72.2 Å². The van der Waals surface area contributed by atoms with Crippen molar-refractivity contribution in [3.8, 4) is 0 Å². The minimum atomic E-state index is -4.04. The number of sulfonamides is 1. The average Bonchev–Trinajstić information content (AvgIpc) is 2.35. The highest BCUT2D eigenvalue weighted by Gasteiger charge is 2.26. The molecule has 0 saturated heterocycles. The maximum Gasteiger partial charge on any atom is 0.243 e. The highest BCUT2D eigenvalue weighted by molar-refractivity contribution is 7.89. The molecule has 0 bridgehead atoms. The summed E-state index contributed by atoms with van der Waals surface area (Å²) in [5, 5.41) is 0. The first kappa shape index (κ1) is 14.4. The molecule has 0 aromatic heterocycles. The van der Waals surface area contributed by atoms with E-state index in [4.69, 9.17) is 5.73 Å². The summed E-state index contributed by atoms with van der Waals surface area (Å²) in [5.74, 6) is -1.74. The average molecular weight is 290 g/mol. The fraction of sp³-hybridized carbons (Fsp3) is 0.500. The molecule has 1 aliphatic rings. The predicted molar refractivity (Wildman–Crippen MR) is 66.9 cm³/mol. The summed E-state index contributed by atoms with van der Waals surface area (Å²) in [6.45, 7) is 0. The molecule has 0 heterocycles. The summed E-state index contributed by atoms with van der Waals surface area (Å²) >= 11 is 0. The van der Waals surface area contributed by atoms with Gasteiger partial charge in [0.05, 0.1) is 0 Å². The minimum absolute atomic E-state index is 0.0895. The number of nitrogens with one attached hydrogen (secondary N) is 1. The molecule has 0 amide bonds. The number of benzene rings is 1. The summed E-state index contributed by atoms with van der Waals surface area (Å²) in [5.41, 5.74) is 5.73. The number of rotatable bonds is 3. The van der Waals surface area contributed by atoms with Crippen molar-refractivity contribution in [3.63, 3.8) is 0 Å². The van der Waals surface area contributed by atoms with E-state index in [1.165, 1.54) is 0 Å². The van der Waals surface area contributed by atoms with Gasteiger partial charge < -0.3 is 5.73 Å². The Morgan fingerprint density at radius 1 is 1.16 bits per heavy atom. The molecule has 1 saturated carbocycles. The Hall–Kier alpha value is -1.05. The van der Waals surface area contributed by atoms with Gasteiger partial charge in [0.15, 0.2) is 0 Å². The van der Waals surface area contributed by atoms with Crippen molar-refractivity contribution >= 4 is 10.0 Å². The second-order valence-electron chi connectivity index (χ2n) is 4.81. The quantitative estimate of drug-likeness (QED) is 0.886. The highest BCUT2D eigenvalue weighted by Crippen LogP contribution is 2.21. The van der Waals surface area contributed by atoms with E-state index < -0.39 is 26.6 Å². The molecule has 0 aliphatic heterocycles. The molecule has 0 unspecified atom stereocenters. The Morgan fingerprint density at radius 2 is 1.79 bits per heavy atom. The second-order valence-corrected chi connectivity index (χ2v) is 6.49. The summed E-state index contributed by atoms with van der Waals surface area (Å²) in [6, 6.07) is 2.19. The Bertz CT molecular complexity index is 555. The fourth-order valence-electron chi connectivity index (χ4n) is 2.20. The van der Waals surface area contributed by atoms with Gasteiger partial charge in [-0.05, 0) is 43.9 Å². The van der Waals surface area contributed by atoms with Crippen LogP contribution in [0.4, 0.5) is 8.78 Å². The SMILES string of the molecule is NC1CCC(NS(=O)(=O)c2cc(F)ccc2F)CC1. The molecular formula is C12H16F2N2O2S. The molecule has 1 fully saturated rings. The summed E-state index contributed by atoms with van der Waals surface area (Å²) < 4.78 is 52.9. The van der Waals surface area contributed by atoms with Crippen molar-refractivity contribution in [2.45, 2.75) is 42.7 Å². The molecule has 0 atom stereocenters. The van der Waals surface area contributed by atoms with E-state index in [0.717, 1.165) is 25.0 Å². The predicted octanol–water partition coefficient (Wildman–Crippen LogP) is 1.51. The van der Waals surface area contributed by atoms with Crippen LogP contribution < -0.4 is 10.5 Å². The van der Waals surface area contributed by atoms with Crippen molar-refractivity contribution in [1.82, 2.24) is 4.72 Å². The van der Waals surface area contributed by atoms with Crippen LogP contribution in [0.2, 0.25) is 0 Å². The van der Waals surface area contributed by atoms with E-state index in [1.807, 2.05) is 0 Å². The van der Waals surface area contributed by atoms with Gasteiger partial charge in [0, 0.05) is 12.1 Å². The zero-order valence-electron chi connectivity index (χ0n) is 10.3. The van der Waals surface area contributed by atoms with E-state index in [0.29, 0.717) is 18.9 Å². The van der Waals surface area contributed by atoms with Crippen molar-refractivity contribution in [2.75, 3.05) is 0 Å². The molecule has 0 spiro atoms. The molecule has 1 aliphatic carbocycles. The molecule has 1 aromatic carbocycles. The summed E-state index contributed by atoms with van der Waals surface area (Å²) in [6.07, 6.45) is 2.66. The zero-order chi connectivity index (χ0) is 14.0. The normalized spacial score (nSPS) is 24.4. The van der Waals surface area contributed by atoms with Crippen LogP contribution in [0.1, 0.15) is 25.7 Å². The lowest BCUT2D eigenvalue weighted by atomic mass is 9.93. The summed E-state index contributed by atoms with van der Waals surface area (Å²) in [4.78, 5) is -0.651. The number of halogens is 2. The standard InChI is InChI=1S/C12H16F2N2O2S/c13-8-1-6-11(14)12(7-8)19(17,18)16-10-4-2-9(15)3-5-10/h1,6-7,9-10,16H,2-5,15H2. The summed E-state index contributed by atoms with van der Waals surface area (Å²) in [7, 11) is -4.04. The monoisotopic (exact) mass is 290 g/mol. The van der Waals surface area contributed by atoms with Gasteiger partial charge in [-0.1, -0.05) is 0 Å². The first-order chi connectivity index (χ1) is 8.88. The zero-order valence-corrected chi connectivity index (χ0v) is 11.1. The van der Waals surface area contributed by atoms with Crippen molar-refractivity contribution in [2.24, 2.45) is 5.73 Å². The maximum atomic E-state index is 13.5. The van der Waals surface area contributed by atoms with Crippen LogP contribution in [-0.4, -0.2) is 20.5 Å². The smallest absolute Gasteiger partial charge is 0.243 e. The van der Waals surface area contributed by atoms with E-state index >= 15 is 0 Å². The largest absolute Gasteiger partial charge is 0.328 e. The van der Waals surface area contributed by atoms with Crippen LogP contribution in [0, 0.1) is 11.6 Å². The van der Waals surface area contributed by atoms with Crippen LogP contribution in [0.3, 0.4) is 0 Å². The van der Waals surface area contributed by atoms with Gasteiger partial charge in [0.2, 0.25) is 10.0 Å². The highest BCUT2D eigenvalue weighted by atomic mass is 32.2. The van der Waals surface area contributed by atoms with Gasteiger partial charge >= 0.3 is 0 Å². The number of nitrogens with two attached hydrogens (primary N) is 1. The van der Waals surface area contributed by atoms with Crippen LogP contribution in [0.25, 0.3) is 0 Å². The van der Waals surface area contributed by atoms with E-state index in [1.54, 1.807) is 0 Å². The fourth-order valence-corrected chi connectivity index (χ4v) is 3.60. The minimum Gasteiger partial charge on any atom is -0.328 e. The Labute approximate surface area is 111 Å². The molecule has 106 valence electrons. The maximum absolute atomic E-state index is 13.5. The lowest BCUT2D eigenvalue weighted by Gasteiger charge is -2.26. The molecule has 19 heavy (non-hydrogen) atoms. The van der Waals surface area contributed by atoms with Gasteiger partial charge in [-0.15, -0.1) is 0 Å². The first-order valence-electron chi connectivity index (χ1n) is 6.11. The van der Waals surface area contributed by atoms with Crippen molar-refractivity contribution < 1.29 is 17.2 Å². The Balaban J connectivity index is 2.16. The van der Waals surface area contributed by atoms with Crippen LogP contribution in [-0.2, 0) is 10.0 Å². The third kappa shape index (κ3) is 3.49. The van der Waals surface area contributed by atoms with Crippen LogP contribution >= 0.6 is 0 Å². The van der Waals surface area contributed by atoms with Gasteiger partial charge in [0.1, 0.15) is 16.5 Å². The van der Waals surface area contributed by atoms with E-state index in [-0.39, 0.29) is 12.1 Å². The number of hydrogen-bond donors (Lipinski definition) is 2. The molecule has 7 heteroatoms. The van der Waals surface area contributed by atoms with Crippen LogP contribution in [0.5, 0.6) is 0 Å². The Morgan fingerprint density at radius 3 is 2.42 bits per heavy atom. The Kier molecular flexibility index (Phi) is 4.17. The van der Waals surface area contributed by atoms with Crippen LogP contribution in [0.15, 0.2) is 23.1 Å². The molecule has 4 nitrogen and oxygen atoms in total. The third-order valence-corrected chi connectivity index (χ3v) is 4.81. The molecule has 0 radical (unpaired) electrons.